The summed E-state index contributed by atoms with van der Waals surface area (Å²) in [4.78, 5) is 16.1. The molecule has 2 N–H and O–H groups in total. The molecule has 0 aliphatic rings. The van der Waals surface area contributed by atoms with Crippen molar-refractivity contribution in [3.8, 4) is 0 Å². The summed E-state index contributed by atoms with van der Waals surface area (Å²) in [5, 5.41) is 6.17. The summed E-state index contributed by atoms with van der Waals surface area (Å²) in [5.74, 6) is -0.0781. The highest BCUT2D eigenvalue weighted by molar-refractivity contribution is 5.92. The SMILES string of the molecule is CCCCCCCCNC(=O)c1ccc(NCCC)cn1. The minimum absolute atomic E-state index is 0.0781. The fraction of sp³-hybridized carbons (Fsp3) is 0.647. The number of hydrogen-bond donors (Lipinski definition) is 2. The van der Waals surface area contributed by atoms with E-state index in [1.807, 2.05) is 6.07 Å². The first kappa shape index (κ1) is 17.5. The van der Waals surface area contributed by atoms with Crippen molar-refractivity contribution in [2.75, 3.05) is 18.4 Å². The Balaban J connectivity index is 2.19. The minimum atomic E-state index is -0.0781. The first-order chi connectivity index (χ1) is 10.3. The smallest absolute Gasteiger partial charge is 0.269 e. The van der Waals surface area contributed by atoms with Crippen LogP contribution in [0.2, 0.25) is 0 Å². The molecular formula is C17H29N3O. The van der Waals surface area contributed by atoms with Crippen LogP contribution in [0.5, 0.6) is 0 Å². The second-order valence-corrected chi connectivity index (χ2v) is 5.38. The molecule has 0 atom stereocenters. The van der Waals surface area contributed by atoms with Gasteiger partial charge < -0.3 is 10.6 Å². The van der Waals surface area contributed by atoms with Crippen LogP contribution in [0, 0.1) is 0 Å². The summed E-state index contributed by atoms with van der Waals surface area (Å²) in [6.45, 7) is 5.99. The Bertz CT molecular complexity index is 390. The lowest BCUT2D eigenvalue weighted by Gasteiger charge is -2.07. The number of unbranched alkanes of at least 4 members (excludes halogenated alkanes) is 5. The van der Waals surface area contributed by atoms with Gasteiger partial charge in [-0.1, -0.05) is 46.0 Å². The van der Waals surface area contributed by atoms with Crippen molar-refractivity contribution >= 4 is 11.6 Å². The molecule has 0 bridgehead atoms. The molecule has 0 unspecified atom stereocenters. The molecule has 0 saturated heterocycles. The van der Waals surface area contributed by atoms with Crippen molar-refractivity contribution in [2.24, 2.45) is 0 Å². The van der Waals surface area contributed by atoms with Crippen molar-refractivity contribution < 1.29 is 4.79 Å². The van der Waals surface area contributed by atoms with E-state index in [9.17, 15) is 4.79 Å². The van der Waals surface area contributed by atoms with Gasteiger partial charge in [0.25, 0.3) is 5.91 Å². The Hall–Kier alpha value is -1.58. The molecule has 1 amide bonds. The van der Waals surface area contributed by atoms with E-state index in [1.165, 1.54) is 32.1 Å². The summed E-state index contributed by atoms with van der Waals surface area (Å²) in [7, 11) is 0. The Morgan fingerprint density at radius 2 is 1.76 bits per heavy atom. The Morgan fingerprint density at radius 3 is 2.43 bits per heavy atom. The van der Waals surface area contributed by atoms with E-state index in [-0.39, 0.29) is 5.91 Å². The lowest BCUT2D eigenvalue weighted by atomic mass is 10.1. The third-order valence-corrected chi connectivity index (χ3v) is 3.39. The van der Waals surface area contributed by atoms with E-state index >= 15 is 0 Å². The van der Waals surface area contributed by atoms with Gasteiger partial charge in [-0.15, -0.1) is 0 Å². The topological polar surface area (TPSA) is 54.0 Å². The molecule has 118 valence electrons. The number of aromatic nitrogens is 1. The monoisotopic (exact) mass is 291 g/mol. The number of hydrogen-bond acceptors (Lipinski definition) is 3. The van der Waals surface area contributed by atoms with Gasteiger partial charge in [-0.05, 0) is 25.0 Å². The number of rotatable bonds is 11. The van der Waals surface area contributed by atoms with Crippen molar-refractivity contribution in [1.29, 1.82) is 0 Å². The van der Waals surface area contributed by atoms with Gasteiger partial charge in [-0.3, -0.25) is 4.79 Å². The molecular weight excluding hydrogens is 262 g/mol. The maximum absolute atomic E-state index is 11.9. The van der Waals surface area contributed by atoms with E-state index in [0.29, 0.717) is 5.69 Å². The number of nitrogens with zero attached hydrogens (tertiary/aromatic N) is 1. The van der Waals surface area contributed by atoms with Crippen molar-refractivity contribution in [1.82, 2.24) is 10.3 Å². The van der Waals surface area contributed by atoms with Crippen molar-refractivity contribution in [3.63, 3.8) is 0 Å². The maximum Gasteiger partial charge on any atom is 0.269 e. The summed E-state index contributed by atoms with van der Waals surface area (Å²) < 4.78 is 0. The molecule has 0 aromatic carbocycles. The fourth-order valence-electron chi connectivity index (χ4n) is 2.10. The van der Waals surface area contributed by atoms with Gasteiger partial charge in [-0.2, -0.15) is 0 Å². The van der Waals surface area contributed by atoms with Crippen LogP contribution in [0.3, 0.4) is 0 Å². The molecule has 4 heteroatoms. The average Bonchev–Trinajstić information content (AvgIpc) is 2.52. The van der Waals surface area contributed by atoms with Crippen LogP contribution in [-0.4, -0.2) is 24.0 Å². The Morgan fingerprint density at radius 1 is 1.00 bits per heavy atom. The summed E-state index contributed by atoms with van der Waals surface area (Å²) in [5.41, 5.74) is 1.45. The molecule has 21 heavy (non-hydrogen) atoms. The molecule has 1 rings (SSSR count). The zero-order valence-electron chi connectivity index (χ0n) is 13.5. The van der Waals surface area contributed by atoms with Crippen LogP contribution in [0.1, 0.15) is 69.3 Å². The Kier molecular flexibility index (Phi) is 9.25. The van der Waals surface area contributed by atoms with E-state index in [0.717, 1.165) is 31.6 Å². The van der Waals surface area contributed by atoms with Gasteiger partial charge in [0.1, 0.15) is 5.69 Å². The molecule has 0 fully saturated rings. The normalized spacial score (nSPS) is 10.4. The standard InChI is InChI=1S/C17H29N3O/c1-3-5-6-7-8-9-13-19-17(21)16-11-10-15(14-20-16)18-12-4-2/h10-11,14,18H,3-9,12-13H2,1-2H3,(H,19,21). The maximum atomic E-state index is 11.9. The third-order valence-electron chi connectivity index (χ3n) is 3.39. The third kappa shape index (κ3) is 7.69. The van der Waals surface area contributed by atoms with E-state index in [1.54, 1.807) is 12.3 Å². The Labute approximate surface area is 128 Å². The van der Waals surface area contributed by atoms with E-state index in [4.69, 9.17) is 0 Å². The molecule has 1 heterocycles. The highest BCUT2D eigenvalue weighted by atomic mass is 16.1. The first-order valence-electron chi connectivity index (χ1n) is 8.26. The van der Waals surface area contributed by atoms with Gasteiger partial charge in [0.05, 0.1) is 11.9 Å². The number of anilines is 1. The lowest BCUT2D eigenvalue weighted by molar-refractivity contribution is 0.0948. The summed E-state index contributed by atoms with van der Waals surface area (Å²) in [6.07, 6.45) is 10.2. The second-order valence-electron chi connectivity index (χ2n) is 5.38. The zero-order chi connectivity index (χ0) is 15.3. The number of pyridine rings is 1. The predicted molar refractivity (Wildman–Crippen MR) is 88.7 cm³/mol. The summed E-state index contributed by atoms with van der Waals surface area (Å²) >= 11 is 0. The van der Waals surface area contributed by atoms with E-state index < -0.39 is 0 Å². The molecule has 0 saturated carbocycles. The van der Waals surface area contributed by atoms with Gasteiger partial charge >= 0.3 is 0 Å². The van der Waals surface area contributed by atoms with Gasteiger partial charge in [0.2, 0.25) is 0 Å². The fourth-order valence-corrected chi connectivity index (χ4v) is 2.10. The summed E-state index contributed by atoms with van der Waals surface area (Å²) in [6, 6.07) is 3.68. The van der Waals surface area contributed by atoms with E-state index in [2.05, 4.69) is 29.5 Å². The molecule has 1 aromatic heterocycles. The minimum Gasteiger partial charge on any atom is -0.384 e. The van der Waals surface area contributed by atoms with Gasteiger partial charge in [-0.25, -0.2) is 4.98 Å². The number of carbonyl (C=O) groups excluding carboxylic acids is 1. The first-order valence-corrected chi connectivity index (χ1v) is 8.26. The van der Waals surface area contributed by atoms with Crippen LogP contribution < -0.4 is 10.6 Å². The quantitative estimate of drug-likeness (QED) is 0.606. The van der Waals surface area contributed by atoms with Crippen molar-refractivity contribution in [2.45, 2.75) is 58.8 Å². The van der Waals surface area contributed by atoms with Crippen LogP contribution in [0.15, 0.2) is 18.3 Å². The number of carbonyl (C=O) groups is 1. The van der Waals surface area contributed by atoms with Gasteiger partial charge in [0, 0.05) is 13.1 Å². The van der Waals surface area contributed by atoms with Crippen LogP contribution >= 0.6 is 0 Å². The number of amides is 1. The highest BCUT2D eigenvalue weighted by Crippen LogP contribution is 2.07. The molecule has 0 radical (unpaired) electrons. The van der Waals surface area contributed by atoms with Crippen LogP contribution in [0.25, 0.3) is 0 Å². The predicted octanol–water partition coefficient (Wildman–Crippen LogP) is 3.99. The van der Waals surface area contributed by atoms with Crippen molar-refractivity contribution in [3.05, 3.63) is 24.0 Å². The molecule has 0 aliphatic carbocycles. The van der Waals surface area contributed by atoms with Crippen LogP contribution in [0.4, 0.5) is 5.69 Å². The highest BCUT2D eigenvalue weighted by Gasteiger charge is 2.05. The lowest BCUT2D eigenvalue weighted by Crippen LogP contribution is -2.25. The average molecular weight is 291 g/mol. The molecule has 4 nitrogen and oxygen atoms in total. The van der Waals surface area contributed by atoms with Gasteiger partial charge in [0.15, 0.2) is 0 Å². The zero-order valence-corrected chi connectivity index (χ0v) is 13.5. The van der Waals surface area contributed by atoms with Crippen LogP contribution in [-0.2, 0) is 0 Å². The molecule has 0 aliphatic heterocycles. The molecule has 0 spiro atoms. The largest absolute Gasteiger partial charge is 0.384 e. The second kappa shape index (κ2) is 11.1. The number of nitrogens with one attached hydrogen (secondary N) is 2. The molecule has 1 aromatic rings.